The predicted molar refractivity (Wildman–Crippen MR) is 104 cm³/mol. The summed E-state index contributed by atoms with van der Waals surface area (Å²) in [6.45, 7) is 0. The molecule has 26 heavy (non-hydrogen) atoms. The number of nitrogens with one attached hydrogen (secondary N) is 1. The van der Waals surface area contributed by atoms with Crippen LogP contribution >= 0.6 is 11.8 Å². The van der Waals surface area contributed by atoms with Crippen LogP contribution in [0.15, 0.2) is 48.7 Å². The Hall–Kier alpha value is -2.14. The zero-order valence-electron chi connectivity index (χ0n) is 14.6. The minimum atomic E-state index is -0.329. The summed E-state index contributed by atoms with van der Waals surface area (Å²) >= 11 is 1.16. The number of amides is 2. The molecule has 134 valence electrons. The molecule has 2 aromatic rings. The number of nitrogens with zero attached hydrogens (tertiary/aromatic N) is 1. The maximum absolute atomic E-state index is 12.4. The lowest BCUT2D eigenvalue weighted by molar-refractivity contribution is -0.119. The summed E-state index contributed by atoms with van der Waals surface area (Å²) in [4.78, 5) is 28.7. The quantitative estimate of drug-likeness (QED) is 0.847. The van der Waals surface area contributed by atoms with E-state index in [4.69, 9.17) is 0 Å². The minimum absolute atomic E-state index is 0.0652. The van der Waals surface area contributed by atoms with Crippen LogP contribution in [-0.2, 0) is 4.79 Å². The number of carbonyl (C=O) groups excluding carboxylic acids is 2. The van der Waals surface area contributed by atoms with Crippen molar-refractivity contribution < 1.29 is 9.59 Å². The van der Waals surface area contributed by atoms with Crippen LogP contribution in [0.5, 0.6) is 0 Å². The molecule has 1 saturated heterocycles. The first-order valence-electron chi connectivity index (χ1n) is 9.25. The van der Waals surface area contributed by atoms with Crippen molar-refractivity contribution in [1.29, 1.82) is 0 Å². The van der Waals surface area contributed by atoms with E-state index in [2.05, 4.69) is 28.5 Å². The molecule has 0 bridgehead atoms. The highest BCUT2D eigenvalue weighted by Gasteiger charge is 2.42. The standard InChI is InChI=1S/C21H22N2O2S/c24-20-19(26-21(25)23-20)18(14-7-2-1-3-8-14)16-10-6-9-15(13-16)17-11-4-5-12-22-17/h4-6,9-14,18-19H,1-3,7-8H2,(H,23,24,25). The Bertz CT molecular complexity index is 803. The first-order valence-corrected chi connectivity index (χ1v) is 10.1. The zero-order valence-corrected chi connectivity index (χ0v) is 15.4. The van der Waals surface area contributed by atoms with Crippen LogP contribution in [-0.4, -0.2) is 21.4 Å². The van der Waals surface area contributed by atoms with Crippen molar-refractivity contribution in [3.05, 3.63) is 54.2 Å². The second-order valence-electron chi connectivity index (χ2n) is 7.08. The number of aromatic nitrogens is 1. The van der Waals surface area contributed by atoms with Gasteiger partial charge in [-0.15, -0.1) is 0 Å². The molecule has 1 N–H and O–H groups in total. The van der Waals surface area contributed by atoms with Crippen LogP contribution in [0.3, 0.4) is 0 Å². The number of thioether (sulfide) groups is 1. The summed E-state index contributed by atoms with van der Waals surface area (Å²) in [7, 11) is 0. The van der Waals surface area contributed by atoms with Crippen LogP contribution in [0.2, 0.25) is 0 Å². The molecule has 2 unspecified atom stereocenters. The van der Waals surface area contributed by atoms with E-state index >= 15 is 0 Å². The van der Waals surface area contributed by atoms with E-state index in [1.54, 1.807) is 6.20 Å². The maximum atomic E-state index is 12.4. The van der Waals surface area contributed by atoms with E-state index in [0.717, 1.165) is 41.4 Å². The molecule has 0 spiro atoms. The molecule has 2 heterocycles. The average Bonchev–Trinajstić information content (AvgIpc) is 3.02. The molecule has 2 amide bonds. The SMILES string of the molecule is O=C1NC(=O)C(C(c2cccc(-c3ccccn3)c2)C2CCCCC2)S1. The van der Waals surface area contributed by atoms with Crippen LogP contribution in [0.1, 0.15) is 43.6 Å². The Kier molecular flexibility index (Phi) is 5.07. The molecule has 2 fully saturated rings. The van der Waals surface area contributed by atoms with Crippen molar-refractivity contribution in [3.63, 3.8) is 0 Å². The van der Waals surface area contributed by atoms with E-state index in [1.807, 2.05) is 24.3 Å². The number of carbonyl (C=O) groups is 2. The van der Waals surface area contributed by atoms with Crippen molar-refractivity contribution in [2.45, 2.75) is 43.3 Å². The van der Waals surface area contributed by atoms with Crippen LogP contribution < -0.4 is 5.32 Å². The van der Waals surface area contributed by atoms with Gasteiger partial charge in [0.05, 0.1) is 5.69 Å². The zero-order chi connectivity index (χ0) is 17.9. The highest BCUT2D eigenvalue weighted by molar-refractivity contribution is 8.15. The predicted octanol–water partition coefficient (Wildman–Crippen LogP) is 4.76. The lowest BCUT2D eigenvalue weighted by atomic mass is 9.74. The van der Waals surface area contributed by atoms with E-state index < -0.39 is 0 Å². The van der Waals surface area contributed by atoms with Crippen molar-refractivity contribution in [1.82, 2.24) is 10.3 Å². The number of benzene rings is 1. The van der Waals surface area contributed by atoms with Gasteiger partial charge in [-0.3, -0.25) is 19.9 Å². The Morgan fingerprint density at radius 2 is 1.88 bits per heavy atom. The van der Waals surface area contributed by atoms with E-state index in [9.17, 15) is 9.59 Å². The Morgan fingerprint density at radius 1 is 1.04 bits per heavy atom. The van der Waals surface area contributed by atoms with Gasteiger partial charge in [0.15, 0.2) is 0 Å². The Labute approximate surface area is 157 Å². The molecule has 1 aromatic carbocycles. The summed E-state index contributed by atoms with van der Waals surface area (Å²) in [5.41, 5.74) is 3.12. The minimum Gasteiger partial charge on any atom is -0.286 e. The smallest absolute Gasteiger partial charge is 0.286 e. The third kappa shape index (κ3) is 3.54. The van der Waals surface area contributed by atoms with Crippen LogP contribution in [0, 0.1) is 5.92 Å². The molecule has 5 heteroatoms. The van der Waals surface area contributed by atoms with Crippen molar-refractivity contribution >= 4 is 22.9 Å². The molecule has 1 saturated carbocycles. The monoisotopic (exact) mass is 366 g/mol. The molecule has 4 rings (SSSR count). The van der Waals surface area contributed by atoms with Gasteiger partial charge in [-0.05, 0) is 42.5 Å². The van der Waals surface area contributed by atoms with E-state index in [0.29, 0.717) is 5.92 Å². The maximum Gasteiger partial charge on any atom is 0.286 e. The van der Waals surface area contributed by atoms with Gasteiger partial charge >= 0.3 is 0 Å². The molecular formula is C21H22N2O2S. The summed E-state index contributed by atoms with van der Waals surface area (Å²) in [5.74, 6) is 0.367. The fourth-order valence-corrected chi connectivity index (χ4v) is 5.31. The normalized spacial score (nSPS) is 22.2. The molecule has 2 aliphatic rings. The van der Waals surface area contributed by atoms with Gasteiger partial charge in [-0.2, -0.15) is 0 Å². The topological polar surface area (TPSA) is 59.1 Å². The molecule has 1 aromatic heterocycles. The Morgan fingerprint density at radius 3 is 2.58 bits per heavy atom. The summed E-state index contributed by atoms with van der Waals surface area (Å²) in [6, 6.07) is 14.2. The van der Waals surface area contributed by atoms with Gasteiger partial charge in [0, 0.05) is 17.7 Å². The van der Waals surface area contributed by atoms with Crippen molar-refractivity contribution in [2.75, 3.05) is 0 Å². The largest absolute Gasteiger partial charge is 0.286 e. The van der Waals surface area contributed by atoms with Gasteiger partial charge in [0.1, 0.15) is 5.25 Å². The number of hydrogen-bond acceptors (Lipinski definition) is 4. The first-order chi connectivity index (χ1) is 12.7. The molecule has 2 atom stereocenters. The highest BCUT2D eigenvalue weighted by Crippen LogP contribution is 2.44. The summed E-state index contributed by atoms with van der Waals surface area (Å²) in [6.07, 6.45) is 7.70. The highest BCUT2D eigenvalue weighted by atomic mass is 32.2. The number of rotatable bonds is 4. The fraction of sp³-hybridized carbons (Fsp3) is 0.381. The molecule has 0 radical (unpaired) electrons. The first kappa shape index (κ1) is 17.3. The molecular weight excluding hydrogens is 344 g/mol. The van der Waals surface area contributed by atoms with Crippen molar-refractivity contribution in [3.8, 4) is 11.3 Å². The second-order valence-corrected chi connectivity index (χ2v) is 8.19. The molecule has 1 aliphatic heterocycles. The third-order valence-electron chi connectivity index (χ3n) is 5.43. The van der Waals surface area contributed by atoms with Gasteiger partial charge in [0.25, 0.3) is 5.24 Å². The van der Waals surface area contributed by atoms with Crippen LogP contribution in [0.4, 0.5) is 4.79 Å². The Balaban J connectivity index is 1.71. The van der Waals surface area contributed by atoms with Gasteiger partial charge in [0.2, 0.25) is 5.91 Å². The van der Waals surface area contributed by atoms with Crippen LogP contribution in [0.25, 0.3) is 11.3 Å². The van der Waals surface area contributed by atoms with Gasteiger partial charge < -0.3 is 0 Å². The van der Waals surface area contributed by atoms with E-state index in [1.165, 1.54) is 19.3 Å². The fourth-order valence-electron chi connectivity index (χ4n) is 4.23. The van der Waals surface area contributed by atoms with Gasteiger partial charge in [-0.1, -0.05) is 55.3 Å². The lowest BCUT2D eigenvalue weighted by Gasteiger charge is -2.33. The van der Waals surface area contributed by atoms with Gasteiger partial charge in [-0.25, -0.2) is 0 Å². The summed E-state index contributed by atoms with van der Waals surface area (Å²) in [5, 5.41) is 1.93. The van der Waals surface area contributed by atoms with E-state index in [-0.39, 0.29) is 22.3 Å². The van der Waals surface area contributed by atoms with Crippen molar-refractivity contribution in [2.24, 2.45) is 5.92 Å². The third-order valence-corrected chi connectivity index (χ3v) is 6.51. The molecule has 4 nitrogen and oxygen atoms in total. The number of imide groups is 1. The number of hydrogen-bond donors (Lipinski definition) is 1. The number of pyridine rings is 1. The summed E-state index contributed by atoms with van der Waals surface area (Å²) < 4.78 is 0. The molecule has 1 aliphatic carbocycles. The lowest BCUT2D eigenvalue weighted by Crippen LogP contribution is -2.33. The average molecular weight is 366 g/mol. The second kappa shape index (κ2) is 7.62.